The van der Waals surface area contributed by atoms with Crippen LogP contribution < -0.4 is 4.74 Å². The van der Waals surface area contributed by atoms with Crippen molar-refractivity contribution in [2.75, 3.05) is 6.54 Å². The first-order chi connectivity index (χ1) is 12.6. The lowest BCUT2D eigenvalue weighted by Gasteiger charge is -2.28. The molecule has 0 N–H and O–H groups in total. The molecule has 27 heavy (non-hydrogen) atoms. The summed E-state index contributed by atoms with van der Waals surface area (Å²) in [6.07, 6.45) is 1.45. The van der Waals surface area contributed by atoms with Gasteiger partial charge in [0.2, 0.25) is 11.2 Å². The number of fused-ring (bicyclic) bond motifs is 1. The minimum Gasteiger partial charge on any atom is -0.472 e. The van der Waals surface area contributed by atoms with Gasteiger partial charge in [-0.15, -0.1) is 0 Å². The van der Waals surface area contributed by atoms with Crippen molar-refractivity contribution in [3.63, 3.8) is 0 Å². The maximum Gasteiger partial charge on any atom is 0.410 e. The minimum absolute atomic E-state index is 0.0173. The Morgan fingerprint density at radius 1 is 1.26 bits per heavy atom. The molecule has 146 valence electrons. The number of carbonyl (C=O) groups excluding carboxylic acids is 1. The summed E-state index contributed by atoms with van der Waals surface area (Å²) < 4.78 is 11.5. The van der Waals surface area contributed by atoms with E-state index in [9.17, 15) is 4.79 Å². The van der Waals surface area contributed by atoms with E-state index in [0.717, 1.165) is 0 Å². The summed E-state index contributed by atoms with van der Waals surface area (Å²) in [6, 6.07) is -0.209. The molecule has 2 aromatic heterocycles. The van der Waals surface area contributed by atoms with Crippen molar-refractivity contribution in [2.24, 2.45) is 0 Å². The normalized spacial score (nSPS) is 20.2. The number of amides is 1. The van der Waals surface area contributed by atoms with Gasteiger partial charge in [-0.25, -0.2) is 14.8 Å². The maximum atomic E-state index is 12.4. The van der Waals surface area contributed by atoms with Crippen LogP contribution in [-0.4, -0.2) is 50.2 Å². The topological polar surface area (TPSA) is 77.4 Å². The molecular formula is C17H19Cl3N4O3. The van der Waals surface area contributed by atoms with Gasteiger partial charge in [-0.2, -0.15) is 4.98 Å². The molecule has 1 saturated heterocycles. The predicted molar refractivity (Wildman–Crippen MR) is 104 cm³/mol. The van der Waals surface area contributed by atoms with Crippen LogP contribution in [0.1, 0.15) is 34.1 Å². The Morgan fingerprint density at radius 2 is 1.96 bits per heavy atom. The van der Waals surface area contributed by atoms with Gasteiger partial charge < -0.3 is 14.4 Å². The summed E-state index contributed by atoms with van der Waals surface area (Å²) >= 11 is 18.1. The molecule has 0 unspecified atom stereocenters. The van der Waals surface area contributed by atoms with Crippen LogP contribution in [-0.2, 0) is 4.74 Å². The molecule has 3 heterocycles. The molecule has 0 bridgehead atoms. The highest BCUT2D eigenvalue weighted by atomic mass is 35.5. The van der Waals surface area contributed by atoms with Gasteiger partial charge in [0, 0.05) is 19.2 Å². The molecule has 1 fully saturated rings. The van der Waals surface area contributed by atoms with E-state index in [2.05, 4.69) is 15.0 Å². The van der Waals surface area contributed by atoms with Gasteiger partial charge in [-0.1, -0.05) is 23.2 Å². The average molecular weight is 434 g/mol. The molecule has 0 spiro atoms. The van der Waals surface area contributed by atoms with Crippen LogP contribution >= 0.6 is 34.8 Å². The average Bonchev–Trinajstić information content (AvgIpc) is 2.91. The molecule has 0 saturated carbocycles. The number of rotatable bonds is 2. The van der Waals surface area contributed by atoms with Crippen molar-refractivity contribution in [3.05, 3.63) is 21.7 Å². The summed E-state index contributed by atoms with van der Waals surface area (Å²) in [7, 11) is 0. The Balaban J connectivity index is 1.84. The van der Waals surface area contributed by atoms with E-state index >= 15 is 0 Å². The smallest absolute Gasteiger partial charge is 0.410 e. The zero-order chi connectivity index (χ0) is 19.9. The van der Waals surface area contributed by atoms with Crippen LogP contribution in [0.5, 0.6) is 5.88 Å². The molecule has 2 atom stereocenters. The highest BCUT2D eigenvalue weighted by molar-refractivity contribution is 6.44. The van der Waals surface area contributed by atoms with E-state index in [-0.39, 0.29) is 39.6 Å². The first kappa shape index (κ1) is 20.2. The lowest BCUT2D eigenvalue weighted by molar-refractivity contribution is 0.0191. The van der Waals surface area contributed by atoms with E-state index in [4.69, 9.17) is 44.3 Å². The molecule has 0 radical (unpaired) electrons. The largest absolute Gasteiger partial charge is 0.472 e. The fourth-order valence-corrected chi connectivity index (χ4v) is 3.36. The van der Waals surface area contributed by atoms with E-state index < -0.39 is 5.60 Å². The Bertz CT molecular complexity index is 888. The van der Waals surface area contributed by atoms with Crippen molar-refractivity contribution in [3.8, 4) is 5.88 Å². The van der Waals surface area contributed by atoms with Gasteiger partial charge >= 0.3 is 6.09 Å². The van der Waals surface area contributed by atoms with E-state index in [1.165, 1.54) is 6.20 Å². The van der Waals surface area contributed by atoms with Crippen molar-refractivity contribution >= 4 is 51.8 Å². The van der Waals surface area contributed by atoms with Crippen molar-refractivity contribution in [2.45, 2.75) is 51.9 Å². The standard InChI is InChI=1S/C17H19Cl3N4O3/c1-8-10(5-6-24(8)16(25)27-17(2,3)4)26-14-9-7-21-13(19)11(18)12(9)22-15(20)23-14/h7-8,10H,5-6H2,1-4H3/t8-,10-/m1/s1. The van der Waals surface area contributed by atoms with Crippen LogP contribution in [0.15, 0.2) is 6.20 Å². The van der Waals surface area contributed by atoms with Crippen LogP contribution in [0, 0.1) is 0 Å². The minimum atomic E-state index is -0.562. The van der Waals surface area contributed by atoms with Gasteiger partial charge in [0.15, 0.2) is 0 Å². The fraction of sp³-hybridized carbons (Fsp3) is 0.529. The third-order valence-corrected chi connectivity index (χ3v) is 5.06. The molecule has 10 heteroatoms. The molecule has 0 aliphatic carbocycles. The number of pyridine rings is 1. The zero-order valence-corrected chi connectivity index (χ0v) is 17.6. The highest BCUT2D eigenvalue weighted by Crippen LogP contribution is 2.34. The van der Waals surface area contributed by atoms with Crippen molar-refractivity contribution in [1.82, 2.24) is 19.9 Å². The second kappa shape index (κ2) is 7.45. The van der Waals surface area contributed by atoms with Crippen molar-refractivity contribution in [1.29, 1.82) is 0 Å². The highest BCUT2D eigenvalue weighted by Gasteiger charge is 2.38. The predicted octanol–water partition coefficient (Wildman–Crippen LogP) is 4.76. The van der Waals surface area contributed by atoms with Gasteiger partial charge in [0.25, 0.3) is 0 Å². The summed E-state index contributed by atoms with van der Waals surface area (Å²) in [5.74, 6) is 0.249. The number of halogens is 3. The number of carbonyl (C=O) groups is 1. The summed E-state index contributed by atoms with van der Waals surface area (Å²) in [4.78, 5) is 26.3. The maximum absolute atomic E-state index is 12.4. The molecule has 3 rings (SSSR count). The second-order valence-electron chi connectivity index (χ2n) is 7.28. The van der Waals surface area contributed by atoms with Crippen molar-refractivity contribution < 1.29 is 14.3 Å². The van der Waals surface area contributed by atoms with Crippen LogP contribution in [0.4, 0.5) is 4.79 Å². The molecule has 2 aromatic rings. The lowest BCUT2D eigenvalue weighted by atomic mass is 10.2. The molecule has 1 aliphatic heterocycles. The third-order valence-electron chi connectivity index (χ3n) is 4.15. The molecule has 1 aliphatic rings. The number of aromatic nitrogens is 3. The van der Waals surface area contributed by atoms with E-state index in [1.54, 1.807) is 4.90 Å². The SMILES string of the molecule is C[C@@H]1[C@H](Oc2nc(Cl)nc3c(Cl)c(Cl)ncc23)CCN1C(=O)OC(C)(C)C. The number of hydrogen-bond acceptors (Lipinski definition) is 6. The molecule has 7 nitrogen and oxygen atoms in total. The number of nitrogens with zero attached hydrogens (tertiary/aromatic N) is 4. The molecular weight excluding hydrogens is 415 g/mol. The summed E-state index contributed by atoms with van der Waals surface area (Å²) in [5, 5.41) is 0.779. The Labute approximate surface area is 171 Å². The Hall–Kier alpha value is -1.57. The first-order valence-electron chi connectivity index (χ1n) is 8.40. The van der Waals surface area contributed by atoms with Gasteiger partial charge in [-0.3, -0.25) is 0 Å². The number of ether oxygens (including phenoxy) is 2. The monoisotopic (exact) mass is 432 g/mol. The van der Waals surface area contributed by atoms with Gasteiger partial charge in [-0.05, 0) is 39.3 Å². The first-order valence-corrected chi connectivity index (χ1v) is 9.53. The van der Waals surface area contributed by atoms with Gasteiger partial charge in [0.05, 0.1) is 11.4 Å². The Morgan fingerprint density at radius 3 is 2.63 bits per heavy atom. The lowest BCUT2D eigenvalue weighted by Crippen LogP contribution is -2.42. The van der Waals surface area contributed by atoms with Gasteiger partial charge in [0.1, 0.15) is 27.4 Å². The number of hydrogen-bond donors (Lipinski definition) is 0. The molecule has 0 aromatic carbocycles. The number of likely N-dealkylation sites (tertiary alicyclic amines) is 1. The van der Waals surface area contributed by atoms with E-state index in [1.807, 2.05) is 27.7 Å². The quantitative estimate of drug-likeness (QED) is 0.502. The second-order valence-corrected chi connectivity index (χ2v) is 8.36. The fourth-order valence-electron chi connectivity index (χ4n) is 2.86. The summed E-state index contributed by atoms with van der Waals surface area (Å²) in [5.41, 5.74) is -0.199. The van der Waals surface area contributed by atoms with Crippen LogP contribution in [0.3, 0.4) is 0 Å². The zero-order valence-electron chi connectivity index (χ0n) is 15.3. The van der Waals surface area contributed by atoms with Crippen LogP contribution in [0.25, 0.3) is 10.9 Å². The Kier molecular flexibility index (Phi) is 5.57. The van der Waals surface area contributed by atoms with Crippen LogP contribution in [0.2, 0.25) is 15.5 Å². The van der Waals surface area contributed by atoms with E-state index in [0.29, 0.717) is 23.9 Å². The summed E-state index contributed by atoms with van der Waals surface area (Å²) in [6.45, 7) is 7.90. The molecule has 1 amide bonds. The third kappa shape index (κ3) is 4.31.